The Hall–Kier alpha value is -2.91. The number of hydrogen-bond donors (Lipinski definition) is 1. The maximum atomic E-state index is 12.6. The van der Waals surface area contributed by atoms with Crippen molar-refractivity contribution < 1.29 is 4.79 Å². The highest BCUT2D eigenvalue weighted by atomic mass is 16.1. The predicted molar refractivity (Wildman–Crippen MR) is 127 cm³/mol. The van der Waals surface area contributed by atoms with Crippen LogP contribution in [0.1, 0.15) is 45.5 Å². The second kappa shape index (κ2) is 10.4. The first kappa shape index (κ1) is 21.3. The second-order valence-corrected chi connectivity index (χ2v) is 8.78. The molecule has 0 spiro atoms. The third-order valence-electron chi connectivity index (χ3n) is 6.21. The summed E-state index contributed by atoms with van der Waals surface area (Å²) in [5.41, 5.74) is 5.74. The molecule has 1 aliphatic heterocycles. The average Bonchev–Trinajstić information content (AvgIpc) is 2.80. The lowest BCUT2D eigenvalue weighted by Crippen LogP contribution is -2.34. The predicted octanol–water partition coefficient (Wildman–Crippen LogP) is 5.38. The smallest absolute Gasteiger partial charge is 0.251 e. The Morgan fingerprint density at radius 2 is 1.58 bits per heavy atom. The van der Waals surface area contributed by atoms with Crippen molar-refractivity contribution in [1.82, 2.24) is 10.2 Å². The molecule has 160 valence electrons. The van der Waals surface area contributed by atoms with Crippen molar-refractivity contribution in [3.63, 3.8) is 0 Å². The minimum Gasteiger partial charge on any atom is -0.348 e. The van der Waals surface area contributed by atoms with E-state index in [4.69, 9.17) is 0 Å². The van der Waals surface area contributed by atoms with Crippen molar-refractivity contribution in [2.24, 2.45) is 5.92 Å². The van der Waals surface area contributed by atoms with Crippen LogP contribution in [0.5, 0.6) is 0 Å². The lowest BCUT2D eigenvalue weighted by Gasteiger charge is -2.32. The molecule has 31 heavy (non-hydrogen) atoms. The average molecular weight is 413 g/mol. The number of nitrogens with one attached hydrogen (secondary N) is 1. The van der Waals surface area contributed by atoms with Gasteiger partial charge in [-0.1, -0.05) is 72.3 Å². The highest BCUT2D eigenvalue weighted by Crippen LogP contribution is 2.23. The Balaban J connectivity index is 1.27. The number of hydrogen-bond acceptors (Lipinski definition) is 2. The Bertz CT molecular complexity index is 991. The molecule has 0 unspecified atom stereocenters. The van der Waals surface area contributed by atoms with E-state index >= 15 is 0 Å². The molecule has 3 aromatic carbocycles. The Morgan fingerprint density at radius 1 is 0.871 bits per heavy atom. The SMILES string of the molecule is Cc1cccc(CNC(=O)c2cccc(CN3CCC(Cc4ccccc4)CC3)c2)c1. The normalized spacial score (nSPS) is 15.0. The van der Waals surface area contributed by atoms with Gasteiger partial charge in [-0.25, -0.2) is 0 Å². The summed E-state index contributed by atoms with van der Waals surface area (Å²) in [4.78, 5) is 15.2. The van der Waals surface area contributed by atoms with Crippen molar-refractivity contribution in [3.8, 4) is 0 Å². The molecule has 1 N–H and O–H groups in total. The summed E-state index contributed by atoms with van der Waals surface area (Å²) in [6.07, 6.45) is 3.67. The van der Waals surface area contributed by atoms with E-state index in [0.717, 1.165) is 36.7 Å². The highest BCUT2D eigenvalue weighted by molar-refractivity contribution is 5.94. The maximum absolute atomic E-state index is 12.6. The van der Waals surface area contributed by atoms with Gasteiger partial charge in [0.15, 0.2) is 0 Å². The largest absolute Gasteiger partial charge is 0.348 e. The molecule has 1 heterocycles. The van der Waals surface area contributed by atoms with Gasteiger partial charge in [0.1, 0.15) is 0 Å². The van der Waals surface area contributed by atoms with Gasteiger partial charge in [0.05, 0.1) is 0 Å². The molecule has 1 fully saturated rings. The van der Waals surface area contributed by atoms with Crippen molar-refractivity contribution in [1.29, 1.82) is 0 Å². The summed E-state index contributed by atoms with van der Waals surface area (Å²) in [6.45, 7) is 5.79. The van der Waals surface area contributed by atoms with Crippen molar-refractivity contribution in [3.05, 3.63) is 107 Å². The Morgan fingerprint density at radius 3 is 2.35 bits per heavy atom. The molecular weight excluding hydrogens is 380 g/mol. The minimum absolute atomic E-state index is 0.00933. The number of likely N-dealkylation sites (tertiary alicyclic amines) is 1. The van der Waals surface area contributed by atoms with Gasteiger partial charge < -0.3 is 5.32 Å². The third-order valence-corrected chi connectivity index (χ3v) is 6.21. The zero-order chi connectivity index (χ0) is 21.5. The zero-order valence-electron chi connectivity index (χ0n) is 18.4. The maximum Gasteiger partial charge on any atom is 0.251 e. The van der Waals surface area contributed by atoms with Crippen LogP contribution in [0.3, 0.4) is 0 Å². The molecule has 1 saturated heterocycles. The van der Waals surface area contributed by atoms with Gasteiger partial charge in [-0.2, -0.15) is 0 Å². The van der Waals surface area contributed by atoms with Gasteiger partial charge >= 0.3 is 0 Å². The van der Waals surface area contributed by atoms with E-state index in [0.29, 0.717) is 6.54 Å². The first-order valence-corrected chi connectivity index (χ1v) is 11.3. The van der Waals surface area contributed by atoms with E-state index in [1.165, 1.54) is 36.0 Å². The molecule has 0 saturated carbocycles. The summed E-state index contributed by atoms with van der Waals surface area (Å²) >= 11 is 0. The van der Waals surface area contributed by atoms with Crippen LogP contribution in [0.15, 0.2) is 78.9 Å². The first-order chi connectivity index (χ1) is 15.2. The van der Waals surface area contributed by atoms with Crippen LogP contribution in [-0.2, 0) is 19.5 Å². The van der Waals surface area contributed by atoms with Crippen LogP contribution in [0.2, 0.25) is 0 Å². The van der Waals surface area contributed by atoms with Crippen LogP contribution in [0.25, 0.3) is 0 Å². The van der Waals surface area contributed by atoms with Gasteiger partial charge in [0, 0.05) is 18.7 Å². The van der Waals surface area contributed by atoms with Crippen LogP contribution in [0, 0.1) is 12.8 Å². The number of piperidine rings is 1. The van der Waals surface area contributed by atoms with Crippen molar-refractivity contribution in [2.45, 2.75) is 39.3 Å². The third kappa shape index (κ3) is 6.28. The van der Waals surface area contributed by atoms with E-state index in [2.05, 4.69) is 65.7 Å². The zero-order valence-corrected chi connectivity index (χ0v) is 18.4. The fraction of sp³-hybridized carbons (Fsp3) is 0.321. The first-order valence-electron chi connectivity index (χ1n) is 11.3. The highest BCUT2D eigenvalue weighted by Gasteiger charge is 2.19. The Labute approximate surface area is 186 Å². The molecule has 4 rings (SSSR count). The quantitative estimate of drug-likeness (QED) is 0.565. The van der Waals surface area contributed by atoms with E-state index in [1.807, 2.05) is 30.3 Å². The van der Waals surface area contributed by atoms with Crippen LogP contribution >= 0.6 is 0 Å². The summed E-state index contributed by atoms with van der Waals surface area (Å²) in [7, 11) is 0. The number of amides is 1. The van der Waals surface area contributed by atoms with E-state index in [1.54, 1.807) is 0 Å². The fourth-order valence-corrected chi connectivity index (χ4v) is 4.47. The molecule has 0 radical (unpaired) electrons. The molecule has 3 nitrogen and oxygen atoms in total. The molecule has 1 aliphatic rings. The summed E-state index contributed by atoms with van der Waals surface area (Å²) < 4.78 is 0. The molecular formula is C28H32N2O. The molecule has 3 heteroatoms. The van der Waals surface area contributed by atoms with E-state index in [9.17, 15) is 4.79 Å². The van der Waals surface area contributed by atoms with Crippen molar-refractivity contribution >= 4 is 5.91 Å². The van der Waals surface area contributed by atoms with E-state index in [-0.39, 0.29) is 5.91 Å². The molecule has 0 bridgehead atoms. The van der Waals surface area contributed by atoms with Gasteiger partial charge in [-0.15, -0.1) is 0 Å². The molecule has 0 atom stereocenters. The minimum atomic E-state index is -0.00933. The molecule has 1 amide bonds. The number of rotatable bonds is 7. The summed E-state index contributed by atoms with van der Waals surface area (Å²) in [5, 5.41) is 3.05. The lowest BCUT2D eigenvalue weighted by molar-refractivity contribution is 0.0950. The molecule has 0 aromatic heterocycles. The number of nitrogens with zero attached hydrogens (tertiary/aromatic N) is 1. The standard InChI is InChI=1S/C28H32N2O/c1-22-7-5-10-25(17-22)20-29-28(31)27-12-6-11-26(19-27)21-30-15-13-24(14-16-30)18-23-8-3-2-4-9-23/h2-12,17,19,24H,13-16,18,20-21H2,1H3,(H,29,31). The van der Waals surface area contributed by atoms with Crippen molar-refractivity contribution in [2.75, 3.05) is 13.1 Å². The molecule has 0 aliphatic carbocycles. The molecule has 3 aromatic rings. The van der Waals surface area contributed by atoms with Gasteiger partial charge in [0.25, 0.3) is 5.91 Å². The van der Waals surface area contributed by atoms with Crippen LogP contribution in [0.4, 0.5) is 0 Å². The number of carbonyl (C=O) groups is 1. The monoisotopic (exact) mass is 412 g/mol. The Kier molecular flexibility index (Phi) is 7.16. The topological polar surface area (TPSA) is 32.3 Å². The van der Waals surface area contributed by atoms with E-state index < -0.39 is 0 Å². The van der Waals surface area contributed by atoms with Crippen LogP contribution < -0.4 is 5.32 Å². The number of aryl methyl sites for hydroxylation is 1. The number of benzene rings is 3. The van der Waals surface area contributed by atoms with Gasteiger partial charge in [-0.05, 0) is 74.0 Å². The summed E-state index contributed by atoms with van der Waals surface area (Å²) in [6, 6.07) is 27.2. The van der Waals surface area contributed by atoms with Gasteiger partial charge in [0.2, 0.25) is 0 Å². The fourth-order valence-electron chi connectivity index (χ4n) is 4.47. The number of carbonyl (C=O) groups excluding carboxylic acids is 1. The van der Waals surface area contributed by atoms with Crippen LogP contribution in [-0.4, -0.2) is 23.9 Å². The summed E-state index contributed by atoms with van der Waals surface area (Å²) in [5.74, 6) is 0.766. The second-order valence-electron chi connectivity index (χ2n) is 8.78. The van der Waals surface area contributed by atoms with Gasteiger partial charge in [-0.3, -0.25) is 9.69 Å². The lowest BCUT2D eigenvalue weighted by atomic mass is 9.90.